The van der Waals surface area contributed by atoms with Crippen molar-refractivity contribution < 1.29 is 18.7 Å². The number of pyridine rings is 1. The van der Waals surface area contributed by atoms with Crippen LogP contribution in [0.25, 0.3) is 0 Å². The van der Waals surface area contributed by atoms with Crippen LogP contribution in [-0.2, 0) is 11.2 Å². The second kappa shape index (κ2) is 4.65. The number of nitrogens with zero attached hydrogens (tertiary/aromatic N) is 1. The molecule has 0 atom stereocenters. The van der Waals surface area contributed by atoms with Crippen LogP contribution in [0, 0.1) is 6.92 Å². The molecule has 0 aliphatic rings. The van der Waals surface area contributed by atoms with Crippen molar-refractivity contribution in [3.05, 3.63) is 27.5 Å². The van der Waals surface area contributed by atoms with Gasteiger partial charge in [0, 0.05) is 15.7 Å². The molecule has 0 unspecified atom stereocenters. The molecular formula is C9H8BrF2NO2. The molecule has 0 aliphatic carbocycles. The summed E-state index contributed by atoms with van der Waals surface area (Å²) in [6, 6.07) is 1.24. The Morgan fingerprint density at radius 2 is 2.27 bits per heavy atom. The quantitative estimate of drug-likeness (QED) is 0.926. The molecule has 82 valence electrons. The highest BCUT2D eigenvalue weighted by Crippen LogP contribution is 2.30. The first kappa shape index (κ1) is 12.0. The van der Waals surface area contributed by atoms with Gasteiger partial charge in [0.1, 0.15) is 0 Å². The van der Waals surface area contributed by atoms with E-state index in [1.54, 1.807) is 6.92 Å². The first-order chi connectivity index (χ1) is 6.91. The normalized spacial score (nSPS) is 10.7. The highest BCUT2D eigenvalue weighted by Gasteiger charge is 2.17. The Morgan fingerprint density at radius 1 is 1.67 bits per heavy atom. The zero-order valence-corrected chi connectivity index (χ0v) is 9.38. The van der Waals surface area contributed by atoms with Gasteiger partial charge in [-0.2, -0.15) is 0 Å². The lowest BCUT2D eigenvalue weighted by atomic mass is 10.1. The third-order valence-electron chi connectivity index (χ3n) is 1.74. The summed E-state index contributed by atoms with van der Waals surface area (Å²) in [6.45, 7) is 1.55. The molecule has 0 saturated carbocycles. The van der Waals surface area contributed by atoms with Crippen LogP contribution in [0.2, 0.25) is 0 Å². The first-order valence-corrected chi connectivity index (χ1v) is 4.87. The predicted molar refractivity (Wildman–Crippen MR) is 53.0 cm³/mol. The molecule has 0 amide bonds. The lowest BCUT2D eigenvalue weighted by Crippen LogP contribution is -2.06. The number of halogens is 3. The molecule has 3 nitrogen and oxygen atoms in total. The summed E-state index contributed by atoms with van der Waals surface area (Å²) in [5, 5.41) is 8.56. The largest absolute Gasteiger partial charge is 0.481 e. The fourth-order valence-electron chi connectivity index (χ4n) is 1.17. The van der Waals surface area contributed by atoms with Crippen LogP contribution < -0.4 is 0 Å². The van der Waals surface area contributed by atoms with Gasteiger partial charge in [-0.25, -0.2) is 8.78 Å². The Bertz CT molecular complexity index is 396. The third-order valence-corrected chi connectivity index (χ3v) is 2.65. The van der Waals surface area contributed by atoms with Gasteiger partial charge in [-0.1, -0.05) is 0 Å². The number of aryl methyl sites for hydroxylation is 1. The smallest absolute Gasteiger partial charge is 0.309 e. The van der Waals surface area contributed by atoms with Crippen molar-refractivity contribution in [2.24, 2.45) is 0 Å². The minimum atomic E-state index is -2.64. The fourth-order valence-corrected chi connectivity index (χ4v) is 1.68. The molecule has 1 heterocycles. The molecule has 0 fully saturated rings. The molecule has 0 aliphatic heterocycles. The van der Waals surface area contributed by atoms with E-state index in [9.17, 15) is 13.6 Å². The number of alkyl halides is 2. The number of hydrogen-bond donors (Lipinski definition) is 1. The third kappa shape index (κ3) is 2.95. The first-order valence-electron chi connectivity index (χ1n) is 4.07. The van der Waals surface area contributed by atoms with Gasteiger partial charge < -0.3 is 5.11 Å². The summed E-state index contributed by atoms with van der Waals surface area (Å²) in [6.07, 6.45) is -3.02. The van der Waals surface area contributed by atoms with E-state index in [4.69, 9.17) is 5.11 Å². The van der Waals surface area contributed by atoms with Crippen LogP contribution in [0.1, 0.15) is 23.4 Å². The molecule has 0 radical (unpaired) electrons. The van der Waals surface area contributed by atoms with E-state index in [1.165, 1.54) is 6.07 Å². The Morgan fingerprint density at radius 3 is 2.73 bits per heavy atom. The van der Waals surface area contributed by atoms with E-state index in [2.05, 4.69) is 20.9 Å². The van der Waals surface area contributed by atoms with Crippen LogP contribution in [0.15, 0.2) is 10.5 Å². The number of carboxylic acid groups (broad SMARTS) is 1. The summed E-state index contributed by atoms with van der Waals surface area (Å²) >= 11 is 2.94. The molecule has 0 aromatic carbocycles. The van der Waals surface area contributed by atoms with Gasteiger partial charge in [0.2, 0.25) is 0 Å². The monoisotopic (exact) mass is 279 g/mol. The van der Waals surface area contributed by atoms with Crippen LogP contribution in [0.5, 0.6) is 0 Å². The minimum absolute atomic E-state index is 0.0745. The van der Waals surface area contributed by atoms with Gasteiger partial charge in [0.05, 0.1) is 12.1 Å². The summed E-state index contributed by atoms with van der Waals surface area (Å²) in [5.74, 6) is -1.10. The molecule has 1 aromatic rings. The standard InChI is InChI=1S/C9H8BrF2NO2/c1-4-2-5(9(11)12)8(10)6(13-4)3-7(14)15/h2,9H,3H2,1H3,(H,14,15). The lowest BCUT2D eigenvalue weighted by Gasteiger charge is -2.08. The van der Waals surface area contributed by atoms with Crippen molar-refractivity contribution in [2.75, 3.05) is 0 Å². The Hall–Kier alpha value is -1.04. The van der Waals surface area contributed by atoms with E-state index in [0.717, 1.165) is 0 Å². The lowest BCUT2D eigenvalue weighted by molar-refractivity contribution is -0.136. The van der Waals surface area contributed by atoms with Gasteiger partial charge in [-0.3, -0.25) is 9.78 Å². The van der Waals surface area contributed by atoms with Crippen molar-refractivity contribution in [3.8, 4) is 0 Å². The van der Waals surface area contributed by atoms with E-state index < -0.39 is 12.4 Å². The van der Waals surface area contributed by atoms with E-state index >= 15 is 0 Å². The summed E-state index contributed by atoms with van der Waals surface area (Å²) in [5.41, 5.74) is 0.279. The summed E-state index contributed by atoms with van der Waals surface area (Å²) in [7, 11) is 0. The molecule has 15 heavy (non-hydrogen) atoms. The second-order valence-corrected chi connectivity index (χ2v) is 3.78. The molecule has 0 saturated heterocycles. The van der Waals surface area contributed by atoms with Crippen molar-refractivity contribution in [1.82, 2.24) is 4.98 Å². The highest BCUT2D eigenvalue weighted by molar-refractivity contribution is 9.10. The van der Waals surface area contributed by atoms with E-state index in [0.29, 0.717) is 5.69 Å². The van der Waals surface area contributed by atoms with Crippen LogP contribution >= 0.6 is 15.9 Å². The summed E-state index contributed by atoms with van der Waals surface area (Å²) < 4.78 is 25.1. The van der Waals surface area contributed by atoms with Crippen molar-refractivity contribution in [3.63, 3.8) is 0 Å². The topological polar surface area (TPSA) is 50.2 Å². The number of carboxylic acids is 1. The average molecular weight is 280 g/mol. The van der Waals surface area contributed by atoms with Crippen molar-refractivity contribution >= 4 is 21.9 Å². The Kier molecular flexibility index (Phi) is 3.73. The molecular weight excluding hydrogens is 272 g/mol. The van der Waals surface area contributed by atoms with Crippen LogP contribution in [0.4, 0.5) is 8.78 Å². The fraction of sp³-hybridized carbons (Fsp3) is 0.333. The maximum atomic E-state index is 12.5. The van der Waals surface area contributed by atoms with Gasteiger partial charge >= 0.3 is 5.97 Å². The minimum Gasteiger partial charge on any atom is -0.481 e. The SMILES string of the molecule is Cc1cc(C(F)F)c(Br)c(CC(=O)O)n1. The zero-order chi connectivity index (χ0) is 11.6. The molecule has 6 heteroatoms. The Balaban J connectivity index is 3.21. The number of carbonyl (C=O) groups is 1. The van der Waals surface area contributed by atoms with Gasteiger partial charge in [-0.15, -0.1) is 0 Å². The van der Waals surface area contributed by atoms with Gasteiger partial charge in [0.15, 0.2) is 0 Å². The zero-order valence-electron chi connectivity index (χ0n) is 7.80. The predicted octanol–water partition coefficient (Wildman–Crippen LogP) is 2.72. The number of aliphatic carboxylic acids is 1. The molecule has 0 spiro atoms. The second-order valence-electron chi connectivity index (χ2n) is 2.98. The maximum Gasteiger partial charge on any atom is 0.309 e. The molecule has 1 N–H and O–H groups in total. The van der Waals surface area contributed by atoms with E-state index in [-0.39, 0.29) is 22.2 Å². The molecule has 1 aromatic heterocycles. The van der Waals surface area contributed by atoms with Gasteiger partial charge in [-0.05, 0) is 28.9 Å². The van der Waals surface area contributed by atoms with Gasteiger partial charge in [0.25, 0.3) is 6.43 Å². The number of aromatic nitrogens is 1. The van der Waals surface area contributed by atoms with Crippen LogP contribution in [0.3, 0.4) is 0 Å². The van der Waals surface area contributed by atoms with Crippen molar-refractivity contribution in [2.45, 2.75) is 19.8 Å². The van der Waals surface area contributed by atoms with E-state index in [1.807, 2.05) is 0 Å². The maximum absolute atomic E-state index is 12.5. The number of rotatable bonds is 3. The highest BCUT2D eigenvalue weighted by atomic mass is 79.9. The molecule has 1 rings (SSSR count). The van der Waals surface area contributed by atoms with Crippen LogP contribution in [-0.4, -0.2) is 16.1 Å². The van der Waals surface area contributed by atoms with Crippen molar-refractivity contribution in [1.29, 1.82) is 0 Å². The summed E-state index contributed by atoms with van der Waals surface area (Å²) in [4.78, 5) is 14.4. The number of hydrogen-bond acceptors (Lipinski definition) is 2. The molecule has 0 bridgehead atoms. The average Bonchev–Trinajstić information content (AvgIpc) is 2.09. The Labute approximate surface area is 93.3 Å².